The fourth-order valence-electron chi connectivity index (χ4n) is 5.00. The van der Waals surface area contributed by atoms with Gasteiger partial charge in [0.1, 0.15) is 17.9 Å². The number of likely N-dealkylation sites (N-methyl/N-ethyl adjacent to an activating group) is 1. The van der Waals surface area contributed by atoms with Crippen LogP contribution in [0.5, 0.6) is 0 Å². The quantitative estimate of drug-likeness (QED) is 0.167. The van der Waals surface area contributed by atoms with Gasteiger partial charge in [0.2, 0.25) is 23.6 Å². The highest BCUT2D eigenvalue weighted by Crippen LogP contribution is 2.24. The highest BCUT2D eigenvalue weighted by molar-refractivity contribution is 5.97. The predicted molar refractivity (Wildman–Crippen MR) is 165 cm³/mol. The Balaban J connectivity index is 2.48. The second-order valence-corrected chi connectivity index (χ2v) is 11.9. The highest BCUT2D eigenvalue weighted by atomic mass is 19.1. The number of hydrogen-bond acceptors (Lipinski definition) is 6. The summed E-state index contributed by atoms with van der Waals surface area (Å²) in [4.78, 5) is 72.6. The number of carbonyl (C=O) groups excluding carboxylic acids is 5. The summed E-state index contributed by atoms with van der Waals surface area (Å²) < 4.78 is 13.7. The monoisotopic (exact) mass is 617 g/mol. The fraction of sp³-hybridized carbons (Fsp3) is 0.613. The van der Waals surface area contributed by atoms with E-state index in [1.807, 2.05) is 0 Å². The topological polar surface area (TPSA) is 189 Å². The minimum Gasteiger partial charge on any atom is -0.370 e. The minimum absolute atomic E-state index is 0.0916. The first kappa shape index (κ1) is 36.2. The molecule has 1 heterocycles. The Kier molecular flexibility index (Phi) is 13.7. The lowest BCUT2D eigenvalue weighted by molar-refractivity contribution is -0.138. The number of nitrogens with one attached hydrogen (secondary N) is 3. The van der Waals surface area contributed by atoms with Crippen LogP contribution in [-0.2, 0) is 24.0 Å². The van der Waals surface area contributed by atoms with E-state index in [1.54, 1.807) is 34.7 Å². The normalized spacial score (nSPS) is 24.4. The molecule has 1 fully saturated rings. The Morgan fingerprint density at radius 2 is 1.77 bits per heavy atom. The lowest BCUT2D eigenvalue weighted by atomic mass is 9.83. The van der Waals surface area contributed by atoms with Gasteiger partial charge in [0.05, 0.1) is 5.54 Å². The van der Waals surface area contributed by atoms with Gasteiger partial charge in [0.15, 0.2) is 11.7 Å². The van der Waals surface area contributed by atoms with Crippen LogP contribution < -0.4 is 27.4 Å². The Morgan fingerprint density at radius 3 is 2.36 bits per heavy atom. The van der Waals surface area contributed by atoms with Crippen molar-refractivity contribution in [2.45, 2.75) is 90.3 Å². The Morgan fingerprint density at radius 1 is 1.11 bits per heavy atom. The average molecular weight is 618 g/mol. The van der Waals surface area contributed by atoms with E-state index in [1.165, 1.54) is 29.2 Å². The van der Waals surface area contributed by atoms with E-state index in [0.717, 1.165) is 0 Å². The van der Waals surface area contributed by atoms with E-state index in [2.05, 4.69) is 20.9 Å². The number of benzene rings is 1. The van der Waals surface area contributed by atoms with Crippen molar-refractivity contribution in [2.24, 2.45) is 28.3 Å². The number of hydrogen-bond donors (Lipinski definition) is 5. The first-order valence-corrected chi connectivity index (χ1v) is 15.2. The molecule has 0 aliphatic carbocycles. The summed E-state index contributed by atoms with van der Waals surface area (Å²) in [5.74, 6) is -3.90. The van der Waals surface area contributed by atoms with Crippen molar-refractivity contribution in [1.29, 1.82) is 0 Å². The van der Waals surface area contributed by atoms with E-state index >= 15 is 0 Å². The van der Waals surface area contributed by atoms with E-state index in [0.29, 0.717) is 37.8 Å². The van der Waals surface area contributed by atoms with Crippen molar-refractivity contribution in [3.05, 3.63) is 35.6 Å². The number of ketones is 1. The number of nitrogens with two attached hydrogens (primary N) is 2. The van der Waals surface area contributed by atoms with Gasteiger partial charge in [0, 0.05) is 38.4 Å². The van der Waals surface area contributed by atoms with Crippen LogP contribution in [-0.4, -0.2) is 72.0 Å². The van der Waals surface area contributed by atoms with Gasteiger partial charge < -0.3 is 32.3 Å². The van der Waals surface area contributed by atoms with E-state index in [-0.39, 0.29) is 49.4 Å². The van der Waals surface area contributed by atoms with Gasteiger partial charge >= 0.3 is 0 Å². The summed E-state index contributed by atoms with van der Waals surface area (Å²) in [5, 5.41) is 8.39. The lowest BCUT2D eigenvalue weighted by Gasteiger charge is -2.33. The number of guanidine groups is 1. The minimum atomic E-state index is -1.25. The van der Waals surface area contributed by atoms with Gasteiger partial charge in [-0.15, -0.1) is 0 Å². The number of Topliss-reactive ketones (excluding diaryl/α,β-unsaturated/α-hetero) is 1. The molecule has 13 heteroatoms. The molecule has 0 saturated carbocycles. The maximum absolute atomic E-state index is 13.8. The van der Waals surface area contributed by atoms with Crippen LogP contribution in [0.2, 0.25) is 0 Å². The fourth-order valence-corrected chi connectivity index (χ4v) is 5.00. The molecule has 1 saturated heterocycles. The van der Waals surface area contributed by atoms with E-state index in [9.17, 15) is 28.4 Å². The molecule has 4 atom stereocenters. The standard InChI is InChI=1S/C31H48FN7O5/c1-6-23-28(43)37-25(20-11-13-22(32)14-12-20)29(44)39(5)17-8-7-15-31(4,38-26(41)19(2)3)24(40)18-21(27(42)36-23)10-9-16-35-30(33)34/h11-14,19,21,23,25H,6-10,15-18H2,1-5H3,(H,36,42)(H,37,43)(H,38,41)(H4,33,34,35)/t21-,23+,25-,31-/m1/s1. The van der Waals surface area contributed by atoms with Crippen LogP contribution in [0.4, 0.5) is 4.39 Å². The molecule has 1 aliphatic heterocycles. The third kappa shape index (κ3) is 10.6. The zero-order valence-corrected chi connectivity index (χ0v) is 26.5. The van der Waals surface area contributed by atoms with Crippen LogP contribution in [0.15, 0.2) is 29.3 Å². The number of nitrogens with zero attached hydrogens (tertiary/aromatic N) is 2. The highest BCUT2D eigenvalue weighted by Gasteiger charge is 2.38. The molecule has 0 aromatic heterocycles. The van der Waals surface area contributed by atoms with Crippen molar-refractivity contribution >= 4 is 35.4 Å². The number of carbonyl (C=O) groups is 5. The Bertz CT molecular complexity index is 1200. The van der Waals surface area contributed by atoms with Gasteiger partial charge in [0.25, 0.3) is 0 Å². The van der Waals surface area contributed by atoms with Crippen molar-refractivity contribution < 1.29 is 28.4 Å². The molecular weight excluding hydrogens is 569 g/mol. The Labute approximate surface area is 259 Å². The SMILES string of the molecule is CC[C@@H]1NC(=O)[C@H](CCCN=C(N)N)CC(=O)[C@](C)(NC(=O)C(C)C)CCCCN(C)C(=O)[C@@H](c2ccc(F)cc2)NC1=O. The lowest BCUT2D eigenvalue weighted by Crippen LogP contribution is -2.55. The van der Waals surface area contributed by atoms with Gasteiger partial charge in [-0.1, -0.05) is 32.9 Å². The average Bonchev–Trinajstić information content (AvgIpc) is 2.97. The summed E-state index contributed by atoms with van der Waals surface area (Å²) in [7, 11) is 1.60. The smallest absolute Gasteiger partial charge is 0.249 e. The molecule has 0 radical (unpaired) electrons. The number of halogens is 1. The largest absolute Gasteiger partial charge is 0.370 e. The van der Waals surface area contributed by atoms with E-state index < -0.39 is 47.1 Å². The molecule has 0 bridgehead atoms. The number of rotatable bonds is 8. The van der Waals surface area contributed by atoms with Crippen LogP contribution >= 0.6 is 0 Å². The van der Waals surface area contributed by atoms with Crippen LogP contribution in [0, 0.1) is 17.7 Å². The molecule has 7 N–H and O–H groups in total. The molecule has 0 spiro atoms. The molecular formula is C31H48FN7O5. The van der Waals surface area contributed by atoms with Crippen molar-refractivity contribution in [3.63, 3.8) is 0 Å². The molecule has 2 rings (SSSR count). The van der Waals surface area contributed by atoms with E-state index in [4.69, 9.17) is 11.5 Å². The second-order valence-electron chi connectivity index (χ2n) is 11.9. The maximum Gasteiger partial charge on any atom is 0.249 e. The first-order valence-electron chi connectivity index (χ1n) is 15.2. The number of amides is 4. The first-order chi connectivity index (χ1) is 20.7. The van der Waals surface area contributed by atoms with Gasteiger partial charge in [-0.05, 0) is 63.1 Å². The summed E-state index contributed by atoms with van der Waals surface area (Å²) in [6.07, 6.45) is 1.98. The molecule has 44 heavy (non-hydrogen) atoms. The third-order valence-corrected chi connectivity index (χ3v) is 7.92. The molecule has 0 unspecified atom stereocenters. The molecule has 244 valence electrons. The van der Waals surface area contributed by atoms with Gasteiger partial charge in [-0.2, -0.15) is 0 Å². The second kappa shape index (κ2) is 16.7. The molecule has 12 nitrogen and oxygen atoms in total. The summed E-state index contributed by atoms with van der Waals surface area (Å²) in [6.45, 7) is 7.39. The van der Waals surface area contributed by atoms with Crippen molar-refractivity contribution in [3.8, 4) is 0 Å². The summed E-state index contributed by atoms with van der Waals surface area (Å²) in [6, 6.07) is 3.17. The van der Waals surface area contributed by atoms with Crippen LogP contribution in [0.1, 0.15) is 84.2 Å². The van der Waals surface area contributed by atoms with Gasteiger partial charge in [-0.3, -0.25) is 29.0 Å². The summed E-state index contributed by atoms with van der Waals surface area (Å²) >= 11 is 0. The predicted octanol–water partition coefficient (Wildman–Crippen LogP) is 1.68. The Hall–Kier alpha value is -4.03. The molecule has 1 aromatic carbocycles. The maximum atomic E-state index is 13.8. The van der Waals surface area contributed by atoms with Crippen molar-refractivity contribution in [1.82, 2.24) is 20.9 Å². The third-order valence-electron chi connectivity index (χ3n) is 7.92. The molecule has 1 aliphatic rings. The molecule has 1 aromatic rings. The van der Waals surface area contributed by atoms with Crippen LogP contribution in [0.25, 0.3) is 0 Å². The number of aliphatic imine (C=N–C) groups is 1. The summed E-state index contributed by atoms with van der Waals surface area (Å²) in [5.41, 5.74) is 10.0. The zero-order valence-electron chi connectivity index (χ0n) is 26.5. The van der Waals surface area contributed by atoms with Crippen molar-refractivity contribution in [2.75, 3.05) is 20.1 Å². The molecule has 4 amide bonds. The van der Waals surface area contributed by atoms with Crippen LogP contribution in [0.3, 0.4) is 0 Å². The zero-order chi connectivity index (χ0) is 33.0. The van der Waals surface area contributed by atoms with Gasteiger partial charge in [-0.25, -0.2) is 4.39 Å².